The number of hydrogen-bond acceptors (Lipinski definition) is 3. The molecule has 0 radical (unpaired) electrons. The Balaban J connectivity index is 1.85. The van der Waals surface area contributed by atoms with Crippen LogP contribution in [-0.4, -0.2) is 34.1 Å². The van der Waals surface area contributed by atoms with E-state index in [1.807, 2.05) is 6.33 Å². The standard InChI is InChI=1S/C15H28N4/c1-15(2)6-4-14(5-7-15)18(3)10-13-11-19(9-8-16)12-17-13/h11-12,14H,4-10,16H2,1-3H3. The molecule has 1 aromatic rings. The van der Waals surface area contributed by atoms with E-state index in [2.05, 4.69) is 41.5 Å². The highest BCUT2D eigenvalue weighted by molar-refractivity contribution is 4.97. The van der Waals surface area contributed by atoms with E-state index in [1.54, 1.807) is 0 Å². The zero-order valence-corrected chi connectivity index (χ0v) is 12.6. The smallest absolute Gasteiger partial charge is 0.0950 e. The molecular formula is C15H28N4. The lowest BCUT2D eigenvalue weighted by Crippen LogP contribution is -2.36. The van der Waals surface area contributed by atoms with Crippen LogP contribution in [0.5, 0.6) is 0 Å². The molecule has 0 atom stereocenters. The molecule has 1 saturated carbocycles. The molecule has 1 aromatic heterocycles. The maximum absolute atomic E-state index is 5.55. The molecule has 1 fully saturated rings. The molecule has 2 rings (SSSR count). The predicted octanol–water partition coefficient (Wildman–Crippen LogP) is 2.24. The van der Waals surface area contributed by atoms with Crippen LogP contribution in [0.2, 0.25) is 0 Å². The third kappa shape index (κ3) is 4.05. The first-order valence-corrected chi connectivity index (χ1v) is 7.41. The zero-order chi connectivity index (χ0) is 13.9. The fraction of sp³-hybridized carbons (Fsp3) is 0.800. The maximum Gasteiger partial charge on any atom is 0.0950 e. The van der Waals surface area contributed by atoms with Gasteiger partial charge in [-0.2, -0.15) is 0 Å². The van der Waals surface area contributed by atoms with E-state index in [-0.39, 0.29) is 0 Å². The summed E-state index contributed by atoms with van der Waals surface area (Å²) < 4.78 is 2.08. The van der Waals surface area contributed by atoms with Gasteiger partial charge in [-0.3, -0.25) is 4.90 Å². The predicted molar refractivity (Wildman–Crippen MR) is 78.8 cm³/mol. The van der Waals surface area contributed by atoms with E-state index in [0.717, 1.165) is 18.8 Å². The van der Waals surface area contributed by atoms with Gasteiger partial charge in [0.25, 0.3) is 0 Å². The number of hydrogen-bond donors (Lipinski definition) is 1. The Labute approximate surface area is 117 Å². The SMILES string of the molecule is CN(Cc1cn(CCN)cn1)C1CCC(C)(C)CC1. The second kappa shape index (κ2) is 6.06. The number of imidazole rings is 1. The molecular weight excluding hydrogens is 236 g/mol. The van der Waals surface area contributed by atoms with Gasteiger partial charge < -0.3 is 10.3 Å². The van der Waals surface area contributed by atoms with Gasteiger partial charge in [-0.15, -0.1) is 0 Å². The second-order valence-corrected chi connectivity index (χ2v) is 6.70. The lowest BCUT2D eigenvalue weighted by Gasteiger charge is -2.38. The molecule has 0 amide bonds. The molecule has 2 N–H and O–H groups in total. The van der Waals surface area contributed by atoms with Gasteiger partial charge >= 0.3 is 0 Å². The quantitative estimate of drug-likeness (QED) is 0.887. The average Bonchev–Trinajstić information content (AvgIpc) is 2.77. The summed E-state index contributed by atoms with van der Waals surface area (Å²) in [7, 11) is 2.23. The highest BCUT2D eigenvalue weighted by atomic mass is 15.1. The molecule has 4 nitrogen and oxygen atoms in total. The summed E-state index contributed by atoms with van der Waals surface area (Å²) in [6.45, 7) is 7.25. The van der Waals surface area contributed by atoms with Gasteiger partial charge in [0.05, 0.1) is 12.0 Å². The van der Waals surface area contributed by atoms with E-state index < -0.39 is 0 Å². The number of nitrogens with two attached hydrogens (primary N) is 1. The van der Waals surface area contributed by atoms with Crippen molar-refractivity contribution in [2.75, 3.05) is 13.6 Å². The van der Waals surface area contributed by atoms with E-state index >= 15 is 0 Å². The molecule has 0 unspecified atom stereocenters. The highest BCUT2D eigenvalue weighted by Gasteiger charge is 2.28. The van der Waals surface area contributed by atoms with Gasteiger partial charge in [0.15, 0.2) is 0 Å². The van der Waals surface area contributed by atoms with Crippen molar-refractivity contribution in [1.82, 2.24) is 14.5 Å². The molecule has 1 heterocycles. The Morgan fingerprint density at radius 1 is 1.42 bits per heavy atom. The topological polar surface area (TPSA) is 47.1 Å². The van der Waals surface area contributed by atoms with E-state index in [9.17, 15) is 0 Å². The lowest BCUT2D eigenvalue weighted by molar-refractivity contribution is 0.122. The fourth-order valence-corrected chi connectivity index (χ4v) is 2.97. The molecule has 0 bridgehead atoms. The van der Waals surface area contributed by atoms with Crippen LogP contribution in [-0.2, 0) is 13.1 Å². The highest BCUT2D eigenvalue weighted by Crippen LogP contribution is 2.36. The Bertz CT molecular complexity index is 387. The third-order valence-electron chi connectivity index (χ3n) is 4.42. The molecule has 0 spiro atoms. The summed E-state index contributed by atoms with van der Waals surface area (Å²) in [5.41, 5.74) is 7.25. The lowest BCUT2D eigenvalue weighted by atomic mass is 9.75. The van der Waals surface area contributed by atoms with Crippen molar-refractivity contribution in [3.8, 4) is 0 Å². The minimum atomic E-state index is 0.542. The van der Waals surface area contributed by atoms with E-state index in [4.69, 9.17) is 5.73 Å². The monoisotopic (exact) mass is 264 g/mol. The van der Waals surface area contributed by atoms with Crippen LogP contribution >= 0.6 is 0 Å². The molecule has 0 saturated heterocycles. The Hall–Kier alpha value is -0.870. The van der Waals surface area contributed by atoms with Gasteiger partial charge in [-0.1, -0.05) is 13.8 Å². The van der Waals surface area contributed by atoms with Crippen molar-refractivity contribution in [2.24, 2.45) is 11.1 Å². The van der Waals surface area contributed by atoms with Crippen LogP contribution in [0.1, 0.15) is 45.2 Å². The molecule has 1 aliphatic carbocycles. The van der Waals surface area contributed by atoms with E-state index in [0.29, 0.717) is 18.0 Å². The Morgan fingerprint density at radius 2 is 2.11 bits per heavy atom. The summed E-state index contributed by atoms with van der Waals surface area (Å²) in [5.74, 6) is 0. The molecule has 108 valence electrons. The summed E-state index contributed by atoms with van der Waals surface area (Å²) in [5, 5.41) is 0. The van der Waals surface area contributed by atoms with Gasteiger partial charge in [0.1, 0.15) is 0 Å². The zero-order valence-electron chi connectivity index (χ0n) is 12.6. The van der Waals surface area contributed by atoms with Crippen molar-refractivity contribution >= 4 is 0 Å². The van der Waals surface area contributed by atoms with Gasteiger partial charge in [-0.25, -0.2) is 4.98 Å². The largest absolute Gasteiger partial charge is 0.336 e. The minimum Gasteiger partial charge on any atom is -0.336 e. The average molecular weight is 264 g/mol. The molecule has 19 heavy (non-hydrogen) atoms. The van der Waals surface area contributed by atoms with Gasteiger partial charge in [0, 0.05) is 31.9 Å². The first-order valence-electron chi connectivity index (χ1n) is 7.41. The van der Waals surface area contributed by atoms with Gasteiger partial charge in [0.2, 0.25) is 0 Å². The summed E-state index contributed by atoms with van der Waals surface area (Å²) >= 11 is 0. The Kier molecular flexibility index (Phi) is 4.63. The van der Waals surface area contributed by atoms with Crippen LogP contribution in [0.25, 0.3) is 0 Å². The normalized spacial score (nSPS) is 20.1. The number of aromatic nitrogens is 2. The van der Waals surface area contributed by atoms with Crippen molar-refractivity contribution in [3.63, 3.8) is 0 Å². The molecule has 4 heteroatoms. The van der Waals surface area contributed by atoms with Crippen LogP contribution in [0.3, 0.4) is 0 Å². The number of rotatable bonds is 5. The van der Waals surface area contributed by atoms with Crippen molar-refractivity contribution < 1.29 is 0 Å². The minimum absolute atomic E-state index is 0.542. The summed E-state index contributed by atoms with van der Waals surface area (Å²) in [6, 6.07) is 0.715. The summed E-state index contributed by atoms with van der Waals surface area (Å²) in [4.78, 5) is 6.93. The first kappa shape index (κ1) is 14.5. The molecule has 0 aromatic carbocycles. The van der Waals surface area contributed by atoms with Gasteiger partial charge in [-0.05, 0) is 38.1 Å². The molecule has 1 aliphatic rings. The van der Waals surface area contributed by atoms with Crippen LogP contribution in [0, 0.1) is 5.41 Å². The van der Waals surface area contributed by atoms with Crippen LogP contribution < -0.4 is 5.73 Å². The summed E-state index contributed by atoms with van der Waals surface area (Å²) in [6.07, 6.45) is 9.31. The molecule has 0 aliphatic heterocycles. The van der Waals surface area contributed by atoms with Crippen LogP contribution in [0.4, 0.5) is 0 Å². The van der Waals surface area contributed by atoms with Crippen LogP contribution in [0.15, 0.2) is 12.5 Å². The first-order chi connectivity index (χ1) is 9.00. The number of nitrogens with zero attached hydrogens (tertiary/aromatic N) is 3. The van der Waals surface area contributed by atoms with Crippen molar-refractivity contribution in [1.29, 1.82) is 0 Å². The second-order valence-electron chi connectivity index (χ2n) is 6.70. The third-order valence-corrected chi connectivity index (χ3v) is 4.42. The van der Waals surface area contributed by atoms with Crippen molar-refractivity contribution in [2.45, 2.75) is 58.7 Å². The van der Waals surface area contributed by atoms with E-state index in [1.165, 1.54) is 25.7 Å². The fourth-order valence-electron chi connectivity index (χ4n) is 2.97. The van der Waals surface area contributed by atoms with Crippen molar-refractivity contribution in [3.05, 3.63) is 18.2 Å². The Morgan fingerprint density at radius 3 is 2.74 bits per heavy atom. The maximum atomic E-state index is 5.55.